The SMILES string of the molecule is C[C@]12CC[C@@H]3c4cc(O)c(OCc5ccccc5)cc4CC[C@H]3[C@@H]1CCC2=O. The molecule has 3 nitrogen and oxygen atoms in total. The van der Waals surface area contributed by atoms with E-state index in [4.69, 9.17) is 4.74 Å². The Morgan fingerprint density at radius 3 is 2.75 bits per heavy atom. The third-order valence-electron chi connectivity index (χ3n) is 7.75. The van der Waals surface area contributed by atoms with Gasteiger partial charge in [-0.05, 0) is 78.7 Å². The Hall–Kier alpha value is -2.29. The number of Topliss-reactive ketones (excluding diaryl/α,β-unsaturated/α-hetero) is 1. The van der Waals surface area contributed by atoms with E-state index in [1.54, 1.807) is 0 Å². The van der Waals surface area contributed by atoms with Crippen molar-refractivity contribution in [2.24, 2.45) is 17.3 Å². The van der Waals surface area contributed by atoms with E-state index in [0.717, 1.165) is 44.1 Å². The summed E-state index contributed by atoms with van der Waals surface area (Å²) in [5.41, 5.74) is 3.61. The second-order valence-electron chi connectivity index (χ2n) is 9.13. The van der Waals surface area contributed by atoms with Crippen molar-refractivity contribution in [1.82, 2.24) is 0 Å². The molecule has 1 N–H and O–H groups in total. The quantitative estimate of drug-likeness (QED) is 0.780. The average molecular weight is 376 g/mol. The molecule has 28 heavy (non-hydrogen) atoms. The molecule has 2 aromatic rings. The molecule has 3 aliphatic rings. The van der Waals surface area contributed by atoms with E-state index in [1.807, 2.05) is 36.4 Å². The van der Waals surface area contributed by atoms with Crippen molar-refractivity contribution >= 4 is 5.78 Å². The molecule has 2 aromatic carbocycles. The highest BCUT2D eigenvalue weighted by Gasteiger charge is 2.54. The van der Waals surface area contributed by atoms with Crippen LogP contribution in [0.1, 0.15) is 61.6 Å². The minimum absolute atomic E-state index is 0.0978. The molecule has 2 saturated carbocycles. The van der Waals surface area contributed by atoms with Gasteiger partial charge in [0.2, 0.25) is 0 Å². The van der Waals surface area contributed by atoms with Crippen molar-refractivity contribution < 1.29 is 14.6 Å². The number of fused-ring (bicyclic) bond motifs is 5. The highest BCUT2D eigenvalue weighted by atomic mass is 16.5. The predicted molar refractivity (Wildman–Crippen MR) is 109 cm³/mol. The lowest BCUT2D eigenvalue weighted by atomic mass is 9.55. The summed E-state index contributed by atoms with van der Waals surface area (Å²) >= 11 is 0. The average Bonchev–Trinajstić information content (AvgIpc) is 3.02. The number of phenolic OH excluding ortho intramolecular Hbond substituents is 1. The molecule has 3 heteroatoms. The van der Waals surface area contributed by atoms with Crippen molar-refractivity contribution in [3.05, 3.63) is 59.2 Å². The maximum atomic E-state index is 12.5. The Morgan fingerprint density at radius 2 is 1.93 bits per heavy atom. The van der Waals surface area contributed by atoms with E-state index in [9.17, 15) is 9.90 Å². The molecule has 0 aliphatic heterocycles. The van der Waals surface area contributed by atoms with Gasteiger partial charge < -0.3 is 9.84 Å². The zero-order valence-corrected chi connectivity index (χ0v) is 16.5. The lowest BCUT2D eigenvalue weighted by Crippen LogP contribution is -2.42. The van der Waals surface area contributed by atoms with Crippen LogP contribution in [-0.4, -0.2) is 10.9 Å². The summed E-state index contributed by atoms with van der Waals surface area (Å²) in [4.78, 5) is 12.5. The number of ketones is 1. The molecular formula is C25H28O3. The predicted octanol–water partition coefficient (Wildman–Crippen LogP) is 5.40. The van der Waals surface area contributed by atoms with E-state index < -0.39 is 0 Å². The van der Waals surface area contributed by atoms with E-state index in [2.05, 4.69) is 13.0 Å². The van der Waals surface area contributed by atoms with Crippen LogP contribution in [0.25, 0.3) is 0 Å². The van der Waals surface area contributed by atoms with Gasteiger partial charge in [0.05, 0.1) is 0 Å². The molecule has 0 spiro atoms. The Morgan fingerprint density at radius 1 is 1.11 bits per heavy atom. The summed E-state index contributed by atoms with van der Waals surface area (Å²) in [6.07, 6.45) is 6.02. The van der Waals surface area contributed by atoms with E-state index in [-0.39, 0.29) is 11.2 Å². The normalized spacial score (nSPS) is 31.0. The van der Waals surface area contributed by atoms with Gasteiger partial charge in [0, 0.05) is 11.8 Å². The highest BCUT2D eigenvalue weighted by molar-refractivity contribution is 5.87. The van der Waals surface area contributed by atoms with Crippen LogP contribution in [-0.2, 0) is 17.8 Å². The Labute approximate surface area is 166 Å². The molecule has 0 amide bonds. The van der Waals surface area contributed by atoms with Crippen LogP contribution in [0.4, 0.5) is 0 Å². The summed E-state index contributed by atoms with van der Waals surface area (Å²) in [6, 6.07) is 14.0. The Balaban J connectivity index is 1.40. The summed E-state index contributed by atoms with van der Waals surface area (Å²) in [7, 11) is 0. The molecule has 5 rings (SSSR count). The van der Waals surface area contributed by atoms with Crippen molar-refractivity contribution in [2.45, 2.75) is 58.0 Å². The topological polar surface area (TPSA) is 46.5 Å². The third kappa shape index (κ3) is 2.75. The lowest BCUT2D eigenvalue weighted by molar-refractivity contribution is -0.129. The largest absolute Gasteiger partial charge is 0.504 e. The Kier molecular flexibility index (Phi) is 4.22. The van der Waals surface area contributed by atoms with Gasteiger partial charge >= 0.3 is 0 Å². The number of carbonyl (C=O) groups is 1. The van der Waals surface area contributed by atoms with Crippen LogP contribution in [0.15, 0.2) is 42.5 Å². The molecule has 0 saturated heterocycles. The van der Waals surface area contributed by atoms with Crippen molar-refractivity contribution in [1.29, 1.82) is 0 Å². The van der Waals surface area contributed by atoms with Crippen LogP contribution < -0.4 is 4.74 Å². The standard InChI is InChI=1S/C25H28O3/c1-25-12-11-18-19(21(25)9-10-24(25)27)8-7-17-13-23(22(26)14-20(17)18)28-15-16-5-3-2-4-6-16/h2-6,13-14,18-19,21,26H,7-12,15H2,1H3/t18-,19+,21-,25-/m0/s1. The highest BCUT2D eigenvalue weighted by Crippen LogP contribution is 2.60. The lowest BCUT2D eigenvalue weighted by Gasteiger charge is -2.48. The van der Waals surface area contributed by atoms with Gasteiger partial charge in [-0.2, -0.15) is 0 Å². The number of hydrogen-bond donors (Lipinski definition) is 1. The maximum absolute atomic E-state index is 12.5. The van der Waals surface area contributed by atoms with Crippen LogP contribution in [0, 0.1) is 17.3 Å². The number of ether oxygens (including phenoxy) is 1. The van der Waals surface area contributed by atoms with E-state index in [0.29, 0.717) is 35.9 Å². The van der Waals surface area contributed by atoms with Crippen LogP contribution in [0.2, 0.25) is 0 Å². The minimum Gasteiger partial charge on any atom is -0.504 e. The summed E-state index contributed by atoms with van der Waals surface area (Å²) in [5, 5.41) is 10.6. The van der Waals surface area contributed by atoms with Crippen LogP contribution in [0.3, 0.4) is 0 Å². The zero-order valence-electron chi connectivity index (χ0n) is 16.5. The molecular weight excluding hydrogens is 348 g/mol. The van der Waals surface area contributed by atoms with Gasteiger partial charge in [-0.15, -0.1) is 0 Å². The number of aromatic hydroxyl groups is 1. The van der Waals surface area contributed by atoms with E-state index in [1.165, 1.54) is 11.1 Å². The molecule has 0 radical (unpaired) electrons. The molecule has 146 valence electrons. The molecule has 2 fully saturated rings. The van der Waals surface area contributed by atoms with Crippen LogP contribution >= 0.6 is 0 Å². The van der Waals surface area contributed by atoms with Crippen molar-refractivity contribution in [2.75, 3.05) is 0 Å². The number of rotatable bonds is 3. The molecule has 0 heterocycles. The fourth-order valence-corrected chi connectivity index (χ4v) is 6.21. The van der Waals surface area contributed by atoms with Gasteiger partial charge in [-0.1, -0.05) is 37.3 Å². The smallest absolute Gasteiger partial charge is 0.161 e. The van der Waals surface area contributed by atoms with Gasteiger partial charge in [-0.3, -0.25) is 4.79 Å². The second kappa shape index (κ2) is 6.65. The van der Waals surface area contributed by atoms with Gasteiger partial charge in [0.1, 0.15) is 12.4 Å². The Bertz CT molecular complexity index is 904. The first-order valence-electron chi connectivity index (χ1n) is 10.6. The fourth-order valence-electron chi connectivity index (χ4n) is 6.21. The van der Waals surface area contributed by atoms with Gasteiger partial charge in [-0.25, -0.2) is 0 Å². The van der Waals surface area contributed by atoms with Gasteiger partial charge in [0.15, 0.2) is 11.5 Å². The zero-order chi connectivity index (χ0) is 19.3. The number of hydrogen-bond acceptors (Lipinski definition) is 3. The number of benzene rings is 2. The molecule has 3 aliphatic carbocycles. The first-order chi connectivity index (χ1) is 13.6. The summed E-state index contributed by atoms with van der Waals surface area (Å²) in [5.74, 6) is 2.87. The van der Waals surface area contributed by atoms with Crippen molar-refractivity contribution in [3.63, 3.8) is 0 Å². The molecule has 0 bridgehead atoms. The number of carbonyl (C=O) groups excluding carboxylic acids is 1. The monoisotopic (exact) mass is 376 g/mol. The first-order valence-corrected chi connectivity index (χ1v) is 10.6. The molecule has 4 atom stereocenters. The van der Waals surface area contributed by atoms with Gasteiger partial charge in [0.25, 0.3) is 0 Å². The summed E-state index contributed by atoms with van der Waals surface area (Å²) in [6.45, 7) is 2.67. The van der Waals surface area contributed by atoms with Crippen molar-refractivity contribution in [3.8, 4) is 11.5 Å². The maximum Gasteiger partial charge on any atom is 0.161 e. The van der Waals surface area contributed by atoms with E-state index >= 15 is 0 Å². The summed E-state index contributed by atoms with van der Waals surface area (Å²) < 4.78 is 5.93. The molecule has 0 unspecified atom stereocenters. The third-order valence-corrected chi connectivity index (χ3v) is 7.75. The molecule has 0 aromatic heterocycles. The fraction of sp³-hybridized carbons (Fsp3) is 0.480. The first kappa shape index (κ1) is 17.8. The minimum atomic E-state index is -0.0978. The number of phenols is 1. The van der Waals surface area contributed by atoms with Crippen LogP contribution in [0.5, 0.6) is 11.5 Å². The second-order valence-corrected chi connectivity index (χ2v) is 9.13. The number of aryl methyl sites for hydroxylation is 1.